The van der Waals surface area contributed by atoms with Gasteiger partial charge in [-0.05, 0) is 41.7 Å². The first kappa shape index (κ1) is 14.7. The van der Waals surface area contributed by atoms with Crippen LogP contribution in [-0.4, -0.2) is 0 Å². The zero-order valence-corrected chi connectivity index (χ0v) is 13.8. The highest BCUT2D eigenvalue weighted by atomic mass is 79.9. The molecule has 1 aromatic carbocycles. The average Bonchev–Trinajstić information content (AvgIpc) is 2.81. The second-order valence-corrected chi connectivity index (χ2v) is 7.97. The van der Waals surface area contributed by atoms with E-state index in [0.717, 1.165) is 12.0 Å². The van der Waals surface area contributed by atoms with E-state index in [4.69, 9.17) is 0 Å². The van der Waals surface area contributed by atoms with Crippen LogP contribution in [0.25, 0.3) is 0 Å². The molecule has 3 heteroatoms. The minimum Gasteiger partial charge on any atom is -0.207 e. The monoisotopic (exact) mass is 340 g/mol. The molecular formula is C16H18BrFS. The lowest BCUT2D eigenvalue weighted by Gasteiger charge is -2.15. The summed E-state index contributed by atoms with van der Waals surface area (Å²) in [5, 5.41) is 0. The molecule has 1 heterocycles. The van der Waals surface area contributed by atoms with E-state index in [0.29, 0.717) is 4.83 Å². The molecule has 19 heavy (non-hydrogen) atoms. The van der Waals surface area contributed by atoms with Gasteiger partial charge in [0.1, 0.15) is 5.82 Å². The van der Waals surface area contributed by atoms with Crippen LogP contribution in [0.2, 0.25) is 0 Å². The van der Waals surface area contributed by atoms with E-state index in [1.54, 1.807) is 0 Å². The Morgan fingerprint density at radius 2 is 1.74 bits per heavy atom. The summed E-state index contributed by atoms with van der Waals surface area (Å²) in [6.45, 7) is 6.68. The Morgan fingerprint density at radius 1 is 1.11 bits per heavy atom. The van der Waals surface area contributed by atoms with Crippen LogP contribution in [0.3, 0.4) is 0 Å². The van der Waals surface area contributed by atoms with Crippen LogP contribution in [0.15, 0.2) is 36.4 Å². The standard InChI is InChI=1S/C16H18BrFS/c1-16(2,3)15-9-8-14(19-15)13(17)10-11-4-6-12(18)7-5-11/h4-9,13H,10H2,1-3H3. The predicted octanol–water partition coefficient (Wildman–Crippen LogP) is 5.86. The molecule has 0 aliphatic carbocycles. The molecule has 0 bridgehead atoms. The molecule has 0 amide bonds. The number of thiophene rings is 1. The number of hydrogen-bond acceptors (Lipinski definition) is 1. The van der Waals surface area contributed by atoms with Crippen molar-refractivity contribution in [1.82, 2.24) is 0 Å². The zero-order chi connectivity index (χ0) is 14.0. The van der Waals surface area contributed by atoms with Crippen molar-refractivity contribution in [2.24, 2.45) is 0 Å². The van der Waals surface area contributed by atoms with Crippen molar-refractivity contribution in [3.05, 3.63) is 57.5 Å². The van der Waals surface area contributed by atoms with Crippen molar-refractivity contribution in [2.75, 3.05) is 0 Å². The summed E-state index contributed by atoms with van der Waals surface area (Å²) in [7, 11) is 0. The van der Waals surface area contributed by atoms with Crippen LogP contribution in [0.1, 0.15) is 40.9 Å². The Balaban J connectivity index is 2.09. The fourth-order valence-electron chi connectivity index (χ4n) is 1.85. The fraction of sp³-hybridized carbons (Fsp3) is 0.375. The average molecular weight is 341 g/mol. The van der Waals surface area contributed by atoms with E-state index in [9.17, 15) is 4.39 Å². The van der Waals surface area contributed by atoms with Crippen molar-refractivity contribution >= 4 is 27.3 Å². The lowest BCUT2D eigenvalue weighted by atomic mass is 9.95. The van der Waals surface area contributed by atoms with Crippen LogP contribution >= 0.6 is 27.3 Å². The van der Waals surface area contributed by atoms with Gasteiger partial charge < -0.3 is 0 Å². The quantitative estimate of drug-likeness (QED) is 0.613. The van der Waals surface area contributed by atoms with Crippen LogP contribution in [-0.2, 0) is 11.8 Å². The fourth-order valence-corrected chi connectivity index (χ4v) is 3.70. The van der Waals surface area contributed by atoms with E-state index in [1.807, 2.05) is 23.5 Å². The van der Waals surface area contributed by atoms with Gasteiger partial charge in [0, 0.05) is 9.75 Å². The molecule has 1 atom stereocenters. The van der Waals surface area contributed by atoms with Crippen molar-refractivity contribution in [3.8, 4) is 0 Å². The summed E-state index contributed by atoms with van der Waals surface area (Å²) in [5.74, 6) is -0.180. The zero-order valence-electron chi connectivity index (χ0n) is 11.4. The van der Waals surface area contributed by atoms with Gasteiger partial charge in [-0.3, -0.25) is 0 Å². The van der Waals surface area contributed by atoms with E-state index in [2.05, 4.69) is 48.8 Å². The molecule has 0 N–H and O–H groups in total. The van der Waals surface area contributed by atoms with Gasteiger partial charge in [0.25, 0.3) is 0 Å². The van der Waals surface area contributed by atoms with Gasteiger partial charge in [0.2, 0.25) is 0 Å². The van der Waals surface area contributed by atoms with Crippen molar-refractivity contribution in [1.29, 1.82) is 0 Å². The number of rotatable bonds is 3. The molecule has 0 spiro atoms. The van der Waals surface area contributed by atoms with E-state index >= 15 is 0 Å². The summed E-state index contributed by atoms with van der Waals surface area (Å²) < 4.78 is 12.9. The molecule has 0 nitrogen and oxygen atoms in total. The minimum atomic E-state index is -0.180. The van der Waals surface area contributed by atoms with Gasteiger partial charge in [0.15, 0.2) is 0 Å². The van der Waals surface area contributed by atoms with Gasteiger partial charge in [-0.1, -0.05) is 48.8 Å². The minimum absolute atomic E-state index is 0.180. The Kier molecular flexibility index (Phi) is 4.46. The van der Waals surface area contributed by atoms with Gasteiger partial charge in [-0.15, -0.1) is 11.3 Å². The van der Waals surface area contributed by atoms with Gasteiger partial charge >= 0.3 is 0 Å². The van der Waals surface area contributed by atoms with Crippen LogP contribution in [0.5, 0.6) is 0 Å². The number of alkyl halides is 1. The Labute approximate surface area is 126 Å². The maximum atomic E-state index is 12.9. The first-order valence-corrected chi connectivity index (χ1v) is 8.08. The normalized spacial score (nSPS) is 13.5. The van der Waals surface area contributed by atoms with Gasteiger partial charge in [-0.25, -0.2) is 4.39 Å². The lowest BCUT2D eigenvalue weighted by Crippen LogP contribution is -2.07. The van der Waals surface area contributed by atoms with Crippen LogP contribution in [0, 0.1) is 5.82 Å². The topological polar surface area (TPSA) is 0 Å². The second-order valence-electron chi connectivity index (χ2n) is 5.75. The van der Waals surface area contributed by atoms with Crippen molar-refractivity contribution in [2.45, 2.75) is 37.4 Å². The molecule has 0 aliphatic rings. The summed E-state index contributed by atoms with van der Waals surface area (Å²) in [5.41, 5.74) is 1.35. The first-order valence-electron chi connectivity index (χ1n) is 6.35. The number of halogens is 2. The molecule has 0 saturated heterocycles. The predicted molar refractivity (Wildman–Crippen MR) is 84.8 cm³/mol. The van der Waals surface area contributed by atoms with E-state index in [-0.39, 0.29) is 11.2 Å². The second kappa shape index (κ2) is 5.76. The Bertz CT molecular complexity index is 537. The highest BCUT2D eigenvalue weighted by molar-refractivity contribution is 9.09. The maximum Gasteiger partial charge on any atom is 0.123 e. The lowest BCUT2D eigenvalue weighted by molar-refractivity contribution is 0.604. The van der Waals surface area contributed by atoms with E-state index < -0.39 is 0 Å². The van der Waals surface area contributed by atoms with Crippen LogP contribution in [0.4, 0.5) is 4.39 Å². The number of benzene rings is 1. The molecule has 0 fully saturated rings. The van der Waals surface area contributed by atoms with Crippen LogP contribution < -0.4 is 0 Å². The molecule has 2 aromatic rings. The largest absolute Gasteiger partial charge is 0.207 e. The first-order chi connectivity index (χ1) is 8.86. The molecule has 1 aromatic heterocycles. The third kappa shape index (κ3) is 3.90. The smallest absolute Gasteiger partial charge is 0.123 e. The molecule has 0 saturated carbocycles. The SMILES string of the molecule is CC(C)(C)c1ccc(C(Br)Cc2ccc(F)cc2)s1. The summed E-state index contributed by atoms with van der Waals surface area (Å²) in [6.07, 6.45) is 0.879. The maximum absolute atomic E-state index is 12.9. The van der Waals surface area contributed by atoms with Crippen molar-refractivity contribution in [3.63, 3.8) is 0 Å². The summed E-state index contributed by atoms with van der Waals surface area (Å²) in [4.78, 5) is 3.01. The number of hydrogen-bond donors (Lipinski definition) is 0. The van der Waals surface area contributed by atoms with Gasteiger partial charge in [0.05, 0.1) is 4.83 Å². The van der Waals surface area contributed by atoms with Crippen molar-refractivity contribution < 1.29 is 4.39 Å². The third-order valence-electron chi connectivity index (χ3n) is 3.00. The summed E-state index contributed by atoms with van der Waals surface area (Å²) >= 11 is 5.59. The summed E-state index contributed by atoms with van der Waals surface area (Å²) in [6, 6.07) is 11.1. The Hall–Kier alpha value is -0.670. The molecule has 1 unspecified atom stereocenters. The molecule has 0 aliphatic heterocycles. The highest BCUT2D eigenvalue weighted by Gasteiger charge is 2.18. The molecule has 0 radical (unpaired) electrons. The molecular weight excluding hydrogens is 323 g/mol. The highest BCUT2D eigenvalue weighted by Crippen LogP contribution is 2.36. The van der Waals surface area contributed by atoms with E-state index in [1.165, 1.54) is 21.9 Å². The van der Waals surface area contributed by atoms with Gasteiger partial charge in [-0.2, -0.15) is 0 Å². The Morgan fingerprint density at radius 3 is 2.26 bits per heavy atom. The third-order valence-corrected chi connectivity index (χ3v) is 5.75. The molecule has 2 rings (SSSR count). The molecule has 102 valence electrons.